The molecule has 0 spiro atoms. The average Bonchev–Trinajstić information content (AvgIpc) is 2.74. The highest BCUT2D eigenvalue weighted by Gasteiger charge is 2.10. The van der Waals surface area contributed by atoms with Gasteiger partial charge in [-0.1, -0.05) is 44.2 Å². The Labute approximate surface area is 193 Å². The minimum Gasteiger partial charge on any atom is -0.465 e. The normalized spacial score (nSPS) is 10.3. The molecule has 0 radical (unpaired) electrons. The van der Waals surface area contributed by atoms with E-state index in [1.54, 1.807) is 24.3 Å². The molecule has 0 aliphatic rings. The van der Waals surface area contributed by atoms with Gasteiger partial charge in [-0.3, -0.25) is 14.4 Å². The predicted octanol–water partition coefficient (Wildman–Crippen LogP) is 4.05. The van der Waals surface area contributed by atoms with E-state index in [-0.39, 0.29) is 42.3 Å². The fourth-order valence-electron chi connectivity index (χ4n) is 2.79. The Morgan fingerprint density at radius 3 is 2.12 bits per heavy atom. The van der Waals surface area contributed by atoms with Gasteiger partial charge in [0.05, 0.1) is 13.0 Å². The Hall–Kier alpha value is -3.26. The molecule has 0 fully saturated rings. The van der Waals surface area contributed by atoms with Gasteiger partial charge in [-0.2, -0.15) is 0 Å². The van der Waals surface area contributed by atoms with E-state index >= 15 is 0 Å². The first-order chi connectivity index (χ1) is 15.3. The summed E-state index contributed by atoms with van der Waals surface area (Å²) in [5.41, 5.74) is 2.43. The molecule has 0 aliphatic carbocycles. The summed E-state index contributed by atoms with van der Waals surface area (Å²) in [6.07, 6.45) is 1.05. The van der Waals surface area contributed by atoms with Gasteiger partial charge in [-0.15, -0.1) is 0 Å². The Balaban J connectivity index is 1.65. The number of thiocarbonyl (C=S) groups is 1. The highest BCUT2D eigenvalue weighted by Crippen LogP contribution is 2.14. The molecular weight excluding hydrogens is 426 g/mol. The number of rotatable bonds is 10. The molecule has 0 aromatic heterocycles. The summed E-state index contributed by atoms with van der Waals surface area (Å²) in [7, 11) is 0. The van der Waals surface area contributed by atoms with E-state index in [0.717, 1.165) is 5.56 Å². The summed E-state index contributed by atoms with van der Waals surface area (Å²) >= 11 is 5.14. The summed E-state index contributed by atoms with van der Waals surface area (Å²) in [6, 6.07) is 16.7. The van der Waals surface area contributed by atoms with E-state index in [0.29, 0.717) is 24.2 Å². The van der Waals surface area contributed by atoms with Crippen molar-refractivity contribution >= 4 is 46.5 Å². The molecule has 8 heteroatoms. The quantitative estimate of drug-likeness (QED) is 0.369. The van der Waals surface area contributed by atoms with E-state index in [2.05, 4.69) is 16.0 Å². The third kappa shape index (κ3) is 10.2. The zero-order chi connectivity index (χ0) is 23.3. The predicted molar refractivity (Wildman–Crippen MR) is 129 cm³/mol. The molecular formula is C24H29N3O4S. The van der Waals surface area contributed by atoms with Gasteiger partial charge in [-0.25, -0.2) is 0 Å². The molecule has 2 rings (SSSR count). The Morgan fingerprint density at radius 2 is 1.50 bits per heavy atom. The third-order valence-electron chi connectivity index (χ3n) is 4.33. The summed E-state index contributed by atoms with van der Waals surface area (Å²) in [4.78, 5) is 35.6. The number of hydrogen-bond acceptors (Lipinski definition) is 5. The lowest BCUT2D eigenvalue weighted by atomic mass is 10.1. The van der Waals surface area contributed by atoms with Crippen molar-refractivity contribution in [1.29, 1.82) is 0 Å². The smallest absolute Gasteiger partial charge is 0.306 e. The lowest BCUT2D eigenvalue weighted by Crippen LogP contribution is -2.34. The molecule has 7 nitrogen and oxygen atoms in total. The molecule has 2 aromatic rings. The lowest BCUT2D eigenvalue weighted by molar-refractivity contribution is -0.144. The van der Waals surface area contributed by atoms with Crippen molar-refractivity contribution in [3.05, 3.63) is 60.2 Å². The number of amides is 2. The maximum atomic E-state index is 12.0. The van der Waals surface area contributed by atoms with E-state index in [9.17, 15) is 14.4 Å². The van der Waals surface area contributed by atoms with Crippen molar-refractivity contribution in [3.63, 3.8) is 0 Å². The van der Waals surface area contributed by atoms with E-state index in [1.807, 2.05) is 44.2 Å². The van der Waals surface area contributed by atoms with Crippen molar-refractivity contribution in [2.24, 2.45) is 5.92 Å². The van der Waals surface area contributed by atoms with E-state index in [4.69, 9.17) is 17.0 Å². The van der Waals surface area contributed by atoms with Gasteiger partial charge in [0.2, 0.25) is 11.8 Å². The zero-order valence-electron chi connectivity index (χ0n) is 18.4. The zero-order valence-corrected chi connectivity index (χ0v) is 19.2. The van der Waals surface area contributed by atoms with Crippen LogP contribution >= 0.6 is 12.2 Å². The number of anilines is 2. The summed E-state index contributed by atoms with van der Waals surface area (Å²) in [5.74, 6) is -0.555. The molecule has 170 valence electrons. The van der Waals surface area contributed by atoms with Crippen LogP contribution in [-0.2, 0) is 25.5 Å². The number of ether oxygens (including phenoxy) is 1. The number of hydrogen-bond donors (Lipinski definition) is 3. The van der Waals surface area contributed by atoms with Crippen LogP contribution in [0.2, 0.25) is 0 Å². The maximum Gasteiger partial charge on any atom is 0.306 e. The molecule has 0 heterocycles. The van der Waals surface area contributed by atoms with Gasteiger partial charge in [0.25, 0.3) is 0 Å². The van der Waals surface area contributed by atoms with Gasteiger partial charge in [-0.05, 0) is 48.0 Å². The van der Waals surface area contributed by atoms with Crippen molar-refractivity contribution in [2.75, 3.05) is 17.2 Å². The van der Waals surface area contributed by atoms with Crippen LogP contribution in [-0.4, -0.2) is 29.5 Å². The number of nitrogens with one attached hydrogen (secondary N) is 3. The number of esters is 1. The van der Waals surface area contributed by atoms with E-state index in [1.165, 1.54) is 0 Å². The molecule has 2 amide bonds. The number of benzene rings is 2. The van der Waals surface area contributed by atoms with Crippen LogP contribution in [0.5, 0.6) is 0 Å². The van der Waals surface area contributed by atoms with Gasteiger partial charge in [0.15, 0.2) is 5.11 Å². The molecule has 32 heavy (non-hydrogen) atoms. The van der Waals surface area contributed by atoms with E-state index < -0.39 is 5.97 Å². The average molecular weight is 456 g/mol. The summed E-state index contributed by atoms with van der Waals surface area (Å²) in [6.45, 7) is 4.24. The van der Waals surface area contributed by atoms with Crippen LogP contribution in [0.3, 0.4) is 0 Å². The number of carbonyl (C=O) groups is 3. The summed E-state index contributed by atoms with van der Waals surface area (Å²) in [5, 5.41) is 8.39. The van der Waals surface area contributed by atoms with Crippen LogP contribution in [0.15, 0.2) is 54.6 Å². The van der Waals surface area contributed by atoms with Crippen LogP contribution in [0, 0.1) is 5.92 Å². The maximum absolute atomic E-state index is 12.0. The van der Waals surface area contributed by atoms with Crippen molar-refractivity contribution in [3.8, 4) is 0 Å². The molecule has 0 unspecified atom stereocenters. The molecule has 0 saturated heterocycles. The van der Waals surface area contributed by atoms with Crippen LogP contribution in [0.25, 0.3) is 0 Å². The molecule has 0 aliphatic heterocycles. The molecule has 3 N–H and O–H groups in total. The van der Waals surface area contributed by atoms with Gasteiger partial charge in [0.1, 0.15) is 0 Å². The fourth-order valence-corrected chi connectivity index (χ4v) is 3.02. The highest BCUT2D eigenvalue weighted by atomic mass is 32.1. The molecule has 0 saturated carbocycles. The second kappa shape index (κ2) is 13.2. The van der Waals surface area contributed by atoms with Gasteiger partial charge < -0.3 is 20.7 Å². The van der Waals surface area contributed by atoms with Crippen LogP contribution in [0.1, 0.15) is 38.7 Å². The minimum atomic E-state index is -0.426. The third-order valence-corrected chi connectivity index (χ3v) is 4.53. The van der Waals surface area contributed by atoms with Crippen molar-refractivity contribution in [2.45, 2.75) is 39.5 Å². The van der Waals surface area contributed by atoms with Crippen LogP contribution in [0.4, 0.5) is 11.4 Å². The molecule has 2 aromatic carbocycles. The first-order valence-corrected chi connectivity index (χ1v) is 10.9. The second-order valence-electron chi connectivity index (χ2n) is 7.68. The second-order valence-corrected chi connectivity index (χ2v) is 8.09. The van der Waals surface area contributed by atoms with Gasteiger partial charge in [0, 0.05) is 30.6 Å². The summed E-state index contributed by atoms with van der Waals surface area (Å²) < 4.78 is 5.16. The van der Waals surface area contributed by atoms with Crippen molar-refractivity contribution in [1.82, 2.24) is 5.32 Å². The Bertz CT molecular complexity index is 915. The monoisotopic (exact) mass is 455 g/mol. The highest BCUT2D eigenvalue weighted by molar-refractivity contribution is 7.80. The van der Waals surface area contributed by atoms with Gasteiger partial charge >= 0.3 is 5.97 Å². The first kappa shape index (κ1) is 25.0. The standard InChI is InChI=1S/C24H29N3O4S/c1-17(2)16-22(29)25-19-8-10-20(11-9-19)26-24(32)27-21(28)12-13-23(30)31-15-14-18-6-4-3-5-7-18/h3-11,17H,12-16H2,1-2H3,(H,25,29)(H2,26,27,28,32). The SMILES string of the molecule is CC(C)CC(=O)Nc1ccc(NC(=S)NC(=O)CCC(=O)OCCc2ccccc2)cc1. The largest absolute Gasteiger partial charge is 0.465 e. The topological polar surface area (TPSA) is 96.5 Å². The Morgan fingerprint density at radius 1 is 0.875 bits per heavy atom. The Kier molecular flexibility index (Phi) is 10.3. The first-order valence-electron chi connectivity index (χ1n) is 10.5. The minimum absolute atomic E-state index is 0.0198. The molecule has 0 atom stereocenters. The van der Waals surface area contributed by atoms with Crippen LogP contribution < -0.4 is 16.0 Å². The lowest BCUT2D eigenvalue weighted by Gasteiger charge is -2.11. The molecule has 0 bridgehead atoms. The number of carbonyl (C=O) groups excluding carboxylic acids is 3. The fraction of sp³-hybridized carbons (Fsp3) is 0.333. The van der Waals surface area contributed by atoms with Crippen molar-refractivity contribution < 1.29 is 19.1 Å².